The van der Waals surface area contributed by atoms with Gasteiger partial charge in [-0.3, -0.25) is 0 Å². The fourth-order valence-electron chi connectivity index (χ4n) is 7.33. The SMILES string of the molecule is Cc1cccc(-c2[c-]cccc2)n1.[Ir].[c-]1ccc(-c2cccc(-c3cccc(-c4ccc5c(c4)c4ccccc4n5-c4ccccc4)c3)c2)cc1-c1ccccn1. The Morgan fingerprint density at radius 2 is 1.04 bits per heavy atom. The van der Waals surface area contributed by atoms with Crippen LogP contribution in [-0.2, 0) is 20.1 Å². The van der Waals surface area contributed by atoms with Crippen molar-refractivity contribution in [1.82, 2.24) is 14.5 Å². The molecule has 10 aromatic rings. The van der Waals surface area contributed by atoms with Crippen LogP contribution in [0.4, 0.5) is 0 Å². The van der Waals surface area contributed by atoms with Crippen LogP contribution >= 0.6 is 0 Å². The van der Waals surface area contributed by atoms with Crippen LogP contribution in [0.15, 0.2) is 206 Å². The second-order valence-electron chi connectivity index (χ2n) is 13.7. The summed E-state index contributed by atoms with van der Waals surface area (Å²) in [7, 11) is 0. The summed E-state index contributed by atoms with van der Waals surface area (Å²) in [6.45, 7) is 1.99. The first-order valence-electron chi connectivity index (χ1n) is 18.8. The topological polar surface area (TPSA) is 30.7 Å². The van der Waals surface area contributed by atoms with Crippen molar-refractivity contribution in [3.63, 3.8) is 0 Å². The summed E-state index contributed by atoms with van der Waals surface area (Å²) in [4.78, 5) is 8.92. The van der Waals surface area contributed by atoms with Crippen molar-refractivity contribution in [1.29, 1.82) is 0 Å². The predicted octanol–water partition coefficient (Wildman–Crippen LogP) is 13.5. The van der Waals surface area contributed by atoms with Gasteiger partial charge >= 0.3 is 0 Å². The molecule has 0 atom stereocenters. The fraction of sp³-hybridized carbons (Fsp3) is 0.0189. The van der Waals surface area contributed by atoms with E-state index in [2.05, 4.69) is 160 Å². The average molecular weight is 908 g/mol. The Morgan fingerprint density at radius 3 is 1.74 bits per heavy atom. The van der Waals surface area contributed by atoms with E-state index in [1.54, 1.807) is 0 Å². The van der Waals surface area contributed by atoms with Crippen molar-refractivity contribution in [2.24, 2.45) is 0 Å². The van der Waals surface area contributed by atoms with Gasteiger partial charge in [-0.2, -0.15) is 0 Å². The van der Waals surface area contributed by atoms with Gasteiger partial charge in [0.15, 0.2) is 0 Å². The molecule has 0 unspecified atom stereocenters. The van der Waals surface area contributed by atoms with Crippen LogP contribution in [0.25, 0.3) is 83.4 Å². The van der Waals surface area contributed by atoms with Crippen LogP contribution in [0.2, 0.25) is 0 Å². The normalized spacial score (nSPS) is 10.8. The van der Waals surface area contributed by atoms with E-state index in [1.165, 1.54) is 55.3 Å². The van der Waals surface area contributed by atoms with Crippen LogP contribution < -0.4 is 0 Å². The molecule has 0 N–H and O–H groups in total. The zero-order valence-electron chi connectivity index (χ0n) is 31.3. The van der Waals surface area contributed by atoms with E-state index in [0.717, 1.165) is 33.8 Å². The third-order valence-corrected chi connectivity index (χ3v) is 10.0. The van der Waals surface area contributed by atoms with Crippen molar-refractivity contribution >= 4 is 21.8 Å². The molecule has 3 heterocycles. The van der Waals surface area contributed by atoms with Crippen LogP contribution in [0.3, 0.4) is 0 Å². The van der Waals surface area contributed by atoms with Crippen molar-refractivity contribution in [3.8, 4) is 61.6 Å². The smallest absolute Gasteiger partial charge is 0.0541 e. The number of benzene rings is 7. The summed E-state index contributed by atoms with van der Waals surface area (Å²) in [5, 5.41) is 2.52. The number of hydrogen-bond donors (Lipinski definition) is 0. The molecule has 3 nitrogen and oxygen atoms in total. The van der Waals surface area contributed by atoms with Crippen LogP contribution in [0.5, 0.6) is 0 Å². The standard InChI is InChI=1S/C41H27N2.C12H10N.Ir/c1-2-17-36(18-3-1)43-40-21-5-4-19-37(40)38-28-34(22-23-41(38)43)32-14-9-12-30(26-32)29-11-8-13-31(25-29)33-15-10-16-35(27-33)39-20-6-7-24-42-39;1-10-6-5-9-12(13-10)11-7-3-2-4-8-11;/h1-15,17-28H;2-7,9H,1H3;/q2*-1;. The molecule has 0 bridgehead atoms. The van der Waals surface area contributed by atoms with Crippen LogP contribution in [0.1, 0.15) is 5.69 Å². The monoisotopic (exact) mass is 908 g/mol. The van der Waals surface area contributed by atoms with Gasteiger partial charge < -0.3 is 14.5 Å². The number of rotatable bonds is 6. The second-order valence-corrected chi connectivity index (χ2v) is 13.7. The summed E-state index contributed by atoms with van der Waals surface area (Å²) in [6.07, 6.45) is 1.82. The van der Waals surface area contributed by atoms with E-state index in [9.17, 15) is 0 Å². The molecular weight excluding hydrogens is 871 g/mol. The number of fused-ring (bicyclic) bond motifs is 3. The summed E-state index contributed by atoms with van der Waals surface area (Å²) >= 11 is 0. The first kappa shape index (κ1) is 37.2. The van der Waals surface area contributed by atoms with Gasteiger partial charge in [-0.25, -0.2) is 0 Å². The molecule has 0 fully saturated rings. The van der Waals surface area contributed by atoms with Gasteiger partial charge in [0.05, 0.1) is 11.0 Å². The first-order valence-corrected chi connectivity index (χ1v) is 18.8. The zero-order chi connectivity index (χ0) is 37.7. The number of hydrogen-bond acceptors (Lipinski definition) is 2. The molecule has 0 amide bonds. The van der Waals surface area contributed by atoms with Gasteiger partial charge in [0.25, 0.3) is 0 Å². The summed E-state index contributed by atoms with van der Waals surface area (Å²) in [5.41, 5.74) is 15.7. The van der Waals surface area contributed by atoms with Gasteiger partial charge in [-0.05, 0) is 101 Å². The van der Waals surface area contributed by atoms with Gasteiger partial charge in [0, 0.05) is 48.5 Å². The van der Waals surface area contributed by atoms with Gasteiger partial charge in [-0.15, -0.1) is 71.3 Å². The third kappa shape index (κ3) is 8.01. The summed E-state index contributed by atoms with van der Waals surface area (Å²) in [6, 6.07) is 76.3. The average Bonchev–Trinajstić information content (AvgIpc) is 3.61. The molecule has 57 heavy (non-hydrogen) atoms. The largest absolute Gasteiger partial charge is 0.309 e. The zero-order valence-corrected chi connectivity index (χ0v) is 33.7. The quantitative estimate of drug-likeness (QED) is 0.156. The molecule has 10 rings (SSSR count). The molecule has 0 aliphatic rings. The number of para-hydroxylation sites is 2. The van der Waals surface area contributed by atoms with E-state index >= 15 is 0 Å². The summed E-state index contributed by atoms with van der Waals surface area (Å²) in [5.74, 6) is 0. The maximum Gasteiger partial charge on any atom is 0.0541 e. The van der Waals surface area contributed by atoms with Crippen molar-refractivity contribution in [2.45, 2.75) is 6.92 Å². The third-order valence-electron chi connectivity index (χ3n) is 10.0. The molecule has 1 radical (unpaired) electrons. The van der Waals surface area contributed by atoms with Gasteiger partial charge in [0.2, 0.25) is 0 Å². The van der Waals surface area contributed by atoms with Crippen molar-refractivity contribution in [3.05, 3.63) is 224 Å². The number of pyridine rings is 2. The number of nitrogens with zero attached hydrogens (tertiary/aromatic N) is 3. The van der Waals surface area contributed by atoms with E-state index < -0.39 is 0 Å². The minimum atomic E-state index is 0. The molecule has 0 aliphatic heterocycles. The molecule has 0 aliphatic carbocycles. The first-order chi connectivity index (χ1) is 27.7. The van der Waals surface area contributed by atoms with E-state index in [4.69, 9.17) is 0 Å². The van der Waals surface area contributed by atoms with Crippen LogP contribution in [-0.4, -0.2) is 14.5 Å². The minimum absolute atomic E-state index is 0. The van der Waals surface area contributed by atoms with E-state index in [-0.39, 0.29) is 20.1 Å². The van der Waals surface area contributed by atoms with Crippen molar-refractivity contribution < 1.29 is 20.1 Å². The van der Waals surface area contributed by atoms with Crippen molar-refractivity contribution in [2.75, 3.05) is 0 Å². The minimum Gasteiger partial charge on any atom is -0.309 e. The number of aryl methyl sites for hydroxylation is 1. The second kappa shape index (κ2) is 17.0. The Hall–Kier alpha value is -6.71. The fourth-order valence-corrected chi connectivity index (χ4v) is 7.33. The Bertz CT molecular complexity index is 2920. The Morgan fingerprint density at radius 1 is 0.421 bits per heavy atom. The molecule has 0 saturated carbocycles. The number of aromatic nitrogens is 3. The summed E-state index contributed by atoms with van der Waals surface area (Å²) < 4.78 is 2.36. The molecular formula is C53H37IrN3-2. The molecule has 4 heteroatoms. The van der Waals surface area contributed by atoms with E-state index in [1.807, 2.05) is 79.9 Å². The van der Waals surface area contributed by atoms with E-state index in [0.29, 0.717) is 0 Å². The molecule has 3 aromatic heterocycles. The Balaban J connectivity index is 0.000000277. The van der Waals surface area contributed by atoms with Gasteiger partial charge in [0.1, 0.15) is 0 Å². The Kier molecular flexibility index (Phi) is 11.1. The Labute approximate surface area is 347 Å². The molecule has 0 spiro atoms. The maximum absolute atomic E-state index is 4.51. The predicted molar refractivity (Wildman–Crippen MR) is 232 cm³/mol. The van der Waals surface area contributed by atoms with Crippen LogP contribution in [0, 0.1) is 19.1 Å². The molecule has 7 aromatic carbocycles. The van der Waals surface area contributed by atoms with Gasteiger partial charge in [-0.1, -0.05) is 103 Å². The maximum atomic E-state index is 4.51. The molecule has 0 saturated heterocycles. The molecule has 275 valence electrons.